The fourth-order valence-electron chi connectivity index (χ4n) is 3.13. The molecule has 1 saturated heterocycles. The minimum Gasteiger partial charge on any atom is -0.465 e. The standard InChI is InChI=1S/C20H29FN2O4S/c1-4-27-20(25)15(2)22(10-5-12-26-3)14-18(24)23-11-13-28-19(23)16-6-8-17(21)9-7-16/h6-9,15,19H,4-5,10-14H2,1-3H3/t15-,19+/m0/s1. The molecular weight excluding hydrogens is 383 g/mol. The molecule has 0 spiro atoms. The van der Waals surface area contributed by atoms with Crippen molar-refractivity contribution < 1.29 is 23.5 Å². The number of hydrogen-bond acceptors (Lipinski definition) is 6. The Bertz CT molecular complexity index is 644. The van der Waals surface area contributed by atoms with Gasteiger partial charge < -0.3 is 14.4 Å². The van der Waals surface area contributed by atoms with Crippen molar-refractivity contribution >= 4 is 23.6 Å². The van der Waals surface area contributed by atoms with E-state index in [9.17, 15) is 14.0 Å². The Morgan fingerprint density at radius 3 is 2.71 bits per heavy atom. The number of ether oxygens (including phenoxy) is 2. The van der Waals surface area contributed by atoms with Crippen LogP contribution < -0.4 is 0 Å². The summed E-state index contributed by atoms with van der Waals surface area (Å²) in [5.74, 6) is 0.147. The molecule has 0 bridgehead atoms. The molecule has 156 valence electrons. The molecular formula is C20H29FN2O4S. The highest BCUT2D eigenvalue weighted by atomic mass is 32.2. The molecule has 6 nitrogen and oxygen atoms in total. The highest BCUT2D eigenvalue weighted by Crippen LogP contribution is 2.38. The first-order valence-corrected chi connectivity index (χ1v) is 10.6. The van der Waals surface area contributed by atoms with Crippen molar-refractivity contribution in [3.05, 3.63) is 35.6 Å². The van der Waals surface area contributed by atoms with E-state index in [1.807, 2.05) is 4.90 Å². The second-order valence-corrected chi connectivity index (χ2v) is 7.79. The minimum atomic E-state index is -0.514. The van der Waals surface area contributed by atoms with E-state index >= 15 is 0 Å². The highest BCUT2D eigenvalue weighted by molar-refractivity contribution is 7.99. The van der Waals surface area contributed by atoms with Gasteiger partial charge in [-0.3, -0.25) is 14.5 Å². The predicted molar refractivity (Wildman–Crippen MR) is 107 cm³/mol. The molecule has 1 aliphatic rings. The van der Waals surface area contributed by atoms with Crippen LogP contribution in [0.25, 0.3) is 0 Å². The minimum absolute atomic E-state index is 0.0482. The average Bonchev–Trinajstić information content (AvgIpc) is 3.17. The SMILES string of the molecule is CCOC(=O)[C@H](C)N(CCCOC)CC(=O)N1CCS[C@@H]1c1ccc(F)cc1. The van der Waals surface area contributed by atoms with Crippen LogP contribution >= 0.6 is 11.8 Å². The van der Waals surface area contributed by atoms with Crippen LogP contribution in [0.2, 0.25) is 0 Å². The number of halogens is 1. The molecule has 1 aromatic rings. The van der Waals surface area contributed by atoms with Crippen molar-refractivity contribution in [2.24, 2.45) is 0 Å². The zero-order valence-corrected chi connectivity index (χ0v) is 17.5. The average molecular weight is 413 g/mol. The molecule has 1 amide bonds. The fourth-order valence-corrected chi connectivity index (χ4v) is 4.40. The Hall–Kier alpha value is -1.64. The number of hydrogen-bond donors (Lipinski definition) is 0. The van der Waals surface area contributed by atoms with Crippen molar-refractivity contribution in [2.75, 3.05) is 45.7 Å². The van der Waals surface area contributed by atoms with Crippen LogP contribution in [0, 0.1) is 5.82 Å². The number of methoxy groups -OCH3 is 1. The lowest BCUT2D eigenvalue weighted by atomic mass is 10.2. The van der Waals surface area contributed by atoms with Gasteiger partial charge in [-0.05, 0) is 38.0 Å². The molecule has 0 aromatic heterocycles. The molecule has 1 aliphatic heterocycles. The number of benzene rings is 1. The topological polar surface area (TPSA) is 59.1 Å². The first-order valence-electron chi connectivity index (χ1n) is 9.54. The van der Waals surface area contributed by atoms with Gasteiger partial charge in [0.1, 0.15) is 17.2 Å². The molecule has 0 unspecified atom stereocenters. The lowest BCUT2D eigenvalue weighted by molar-refractivity contribution is -0.150. The Kier molecular flexibility index (Phi) is 9.21. The Morgan fingerprint density at radius 2 is 2.07 bits per heavy atom. The highest BCUT2D eigenvalue weighted by Gasteiger charge is 2.33. The van der Waals surface area contributed by atoms with E-state index in [-0.39, 0.29) is 29.6 Å². The summed E-state index contributed by atoms with van der Waals surface area (Å²) in [5.41, 5.74) is 0.904. The second-order valence-electron chi connectivity index (χ2n) is 6.61. The van der Waals surface area contributed by atoms with Gasteiger partial charge in [-0.2, -0.15) is 0 Å². The van der Waals surface area contributed by atoms with Gasteiger partial charge in [0, 0.05) is 32.6 Å². The van der Waals surface area contributed by atoms with Crippen LogP contribution in [0.15, 0.2) is 24.3 Å². The molecule has 0 N–H and O–H groups in total. The van der Waals surface area contributed by atoms with Gasteiger partial charge in [-0.25, -0.2) is 4.39 Å². The van der Waals surface area contributed by atoms with Gasteiger partial charge in [0.2, 0.25) is 5.91 Å². The summed E-state index contributed by atoms with van der Waals surface area (Å²) in [7, 11) is 1.62. The fraction of sp³-hybridized carbons (Fsp3) is 0.600. The molecule has 1 aromatic carbocycles. The largest absolute Gasteiger partial charge is 0.465 e. The van der Waals surface area contributed by atoms with Crippen molar-refractivity contribution in [2.45, 2.75) is 31.7 Å². The van der Waals surface area contributed by atoms with E-state index in [0.717, 1.165) is 11.3 Å². The molecule has 28 heavy (non-hydrogen) atoms. The van der Waals surface area contributed by atoms with Gasteiger partial charge in [-0.1, -0.05) is 12.1 Å². The van der Waals surface area contributed by atoms with Crippen molar-refractivity contribution in [1.82, 2.24) is 9.80 Å². The third kappa shape index (κ3) is 6.18. The molecule has 1 fully saturated rings. The van der Waals surface area contributed by atoms with E-state index in [2.05, 4.69) is 0 Å². The summed E-state index contributed by atoms with van der Waals surface area (Å²) in [6.07, 6.45) is 0.712. The maximum absolute atomic E-state index is 13.2. The lowest BCUT2D eigenvalue weighted by Gasteiger charge is -2.31. The van der Waals surface area contributed by atoms with Crippen LogP contribution in [-0.2, 0) is 19.1 Å². The summed E-state index contributed by atoms with van der Waals surface area (Å²) in [6, 6.07) is 5.75. The maximum Gasteiger partial charge on any atom is 0.323 e. The van der Waals surface area contributed by atoms with E-state index in [1.165, 1.54) is 12.1 Å². The second kappa shape index (κ2) is 11.4. The molecule has 8 heteroatoms. The zero-order valence-electron chi connectivity index (χ0n) is 16.7. The zero-order chi connectivity index (χ0) is 20.5. The first-order chi connectivity index (χ1) is 13.5. The molecule has 1 heterocycles. The first kappa shape index (κ1) is 22.6. The van der Waals surface area contributed by atoms with Crippen molar-refractivity contribution in [3.63, 3.8) is 0 Å². The number of thioether (sulfide) groups is 1. The van der Waals surface area contributed by atoms with Crippen LogP contribution in [-0.4, -0.2) is 73.4 Å². The van der Waals surface area contributed by atoms with E-state index in [0.29, 0.717) is 32.7 Å². The third-order valence-corrected chi connectivity index (χ3v) is 5.93. The van der Waals surface area contributed by atoms with Gasteiger partial charge >= 0.3 is 5.97 Å². The summed E-state index contributed by atoms with van der Waals surface area (Å²) in [5, 5.41) is -0.133. The summed E-state index contributed by atoms with van der Waals surface area (Å²) < 4.78 is 23.4. The number of rotatable bonds is 10. The molecule has 2 atom stereocenters. The number of amides is 1. The monoisotopic (exact) mass is 412 g/mol. The smallest absolute Gasteiger partial charge is 0.323 e. The quantitative estimate of drug-likeness (QED) is 0.435. The Balaban J connectivity index is 2.07. The van der Waals surface area contributed by atoms with Crippen LogP contribution in [0.3, 0.4) is 0 Å². The Morgan fingerprint density at radius 1 is 1.36 bits per heavy atom. The molecule has 0 saturated carbocycles. The summed E-state index contributed by atoms with van der Waals surface area (Å²) in [6.45, 7) is 5.69. The summed E-state index contributed by atoms with van der Waals surface area (Å²) >= 11 is 1.66. The normalized spacial score (nSPS) is 17.8. The van der Waals surface area contributed by atoms with Crippen LogP contribution in [0.4, 0.5) is 4.39 Å². The number of nitrogens with zero attached hydrogens (tertiary/aromatic N) is 2. The van der Waals surface area contributed by atoms with Gasteiger partial charge in [0.15, 0.2) is 0 Å². The predicted octanol–water partition coefficient (Wildman–Crippen LogP) is 2.69. The van der Waals surface area contributed by atoms with E-state index < -0.39 is 6.04 Å². The van der Waals surface area contributed by atoms with E-state index in [4.69, 9.17) is 9.47 Å². The lowest BCUT2D eigenvalue weighted by Crippen LogP contribution is -2.47. The number of carbonyl (C=O) groups excluding carboxylic acids is 2. The van der Waals surface area contributed by atoms with Gasteiger partial charge in [0.25, 0.3) is 0 Å². The maximum atomic E-state index is 13.2. The van der Waals surface area contributed by atoms with Gasteiger partial charge in [-0.15, -0.1) is 11.8 Å². The van der Waals surface area contributed by atoms with Crippen LogP contribution in [0.5, 0.6) is 0 Å². The molecule has 0 radical (unpaired) electrons. The summed E-state index contributed by atoms with van der Waals surface area (Å²) in [4.78, 5) is 28.9. The van der Waals surface area contributed by atoms with Crippen molar-refractivity contribution in [3.8, 4) is 0 Å². The van der Waals surface area contributed by atoms with Crippen LogP contribution in [0.1, 0.15) is 31.2 Å². The molecule has 0 aliphatic carbocycles. The molecule has 2 rings (SSSR count). The van der Waals surface area contributed by atoms with Gasteiger partial charge in [0.05, 0.1) is 13.2 Å². The number of esters is 1. The third-order valence-electron chi connectivity index (χ3n) is 4.67. The number of carbonyl (C=O) groups is 2. The Labute approximate surface area is 170 Å². The van der Waals surface area contributed by atoms with E-state index in [1.54, 1.807) is 49.8 Å². The van der Waals surface area contributed by atoms with Crippen molar-refractivity contribution in [1.29, 1.82) is 0 Å².